The van der Waals surface area contributed by atoms with Crippen molar-refractivity contribution in [1.29, 1.82) is 5.26 Å². The van der Waals surface area contributed by atoms with Crippen LogP contribution >= 0.6 is 23.1 Å². The van der Waals surface area contributed by atoms with Crippen LogP contribution in [0.1, 0.15) is 31.7 Å². The third kappa shape index (κ3) is 4.26. The second-order valence-corrected chi connectivity index (χ2v) is 7.71. The topological polar surface area (TPSA) is 70.7 Å². The molecule has 0 atom stereocenters. The number of amides is 1. The van der Waals surface area contributed by atoms with Crippen molar-refractivity contribution in [2.75, 3.05) is 11.1 Å². The molecule has 1 N–H and O–H groups in total. The summed E-state index contributed by atoms with van der Waals surface area (Å²) in [6.45, 7) is 3.09. The van der Waals surface area contributed by atoms with Gasteiger partial charge in [-0.15, -0.1) is 11.3 Å². The quantitative estimate of drug-likeness (QED) is 0.443. The molecule has 3 rings (SSSR count). The lowest BCUT2D eigenvalue weighted by atomic mass is 10.2. The van der Waals surface area contributed by atoms with Gasteiger partial charge in [-0.3, -0.25) is 4.79 Å². The van der Waals surface area contributed by atoms with Crippen molar-refractivity contribution in [2.45, 2.75) is 37.9 Å². The summed E-state index contributed by atoms with van der Waals surface area (Å²) >= 11 is 2.80. The van der Waals surface area contributed by atoms with E-state index < -0.39 is 0 Å². The number of imidazole rings is 1. The summed E-state index contributed by atoms with van der Waals surface area (Å²) < 4.78 is 2.20. The van der Waals surface area contributed by atoms with Gasteiger partial charge in [0.05, 0.1) is 22.3 Å². The minimum absolute atomic E-state index is 0.124. The summed E-state index contributed by atoms with van der Waals surface area (Å²) in [5.41, 5.74) is 2.56. The second-order valence-electron chi connectivity index (χ2n) is 5.85. The van der Waals surface area contributed by atoms with Gasteiger partial charge >= 0.3 is 0 Å². The number of thiophene rings is 1. The number of aromatic nitrogens is 2. The Hall–Kier alpha value is -2.30. The Morgan fingerprint density at radius 3 is 3.00 bits per heavy atom. The number of nitriles is 1. The Bertz CT molecular complexity index is 939. The van der Waals surface area contributed by atoms with Gasteiger partial charge in [0.2, 0.25) is 5.91 Å². The SMILES string of the molecule is CCCCCn1c(SCC(=O)Nc2sccc2C#N)nc2ccccc21. The first kappa shape index (κ1) is 18.5. The van der Waals surface area contributed by atoms with Gasteiger partial charge in [-0.2, -0.15) is 5.26 Å². The predicted molar refractivity (Wildman–Crippen MR) is 108 cm³/mol. The zero-order valence-electron chi connectivity index (χ0n) is 14.6. The monoisotopic (exact) mass is 384 g/mol. The minimum Gasteiger partial charge on any atom is -0.319 e. The molecule has 26 heavy (non-hydrogen) atoms. The van der Waals surface area contributed by atoms with Crippen LogP contribution < -0.4 is 5.32 Å². The Morgan fingerprint density at radius 1 is 1.35 bits per heavy atom. The molecule has 7 heteroatoms. The van der Waals surface area contributed by atoms with Crippen LogP contribution in [-0.2, 0) is 11.3 Å². The van der Waals surface area contributed by atoms with Gasteiger partial charge in [0.25, 0.3) is 0 Å². The molecule has 0 spiro atoms. The number of benzene rings is 1. The summed E-state index contributed by atoms with van der Waals surface area (Å²) in [5, 5.41) is 15.1. The van der Waals surface area contributed by atoms with Crippen LogP contribution in [0.15, 0.2) is 40.9 Å². The van der Waals surface area contributed by atoms with Crippen LogP contribution in [0.5, 0.6) is 0 Å². The summed E-state index contributed by atoms with van der Waals surface area (Å²) in [6.07, 6.45) is 3.43. The van der Waals surface area contributed by atoms with Crippen molar-refractivity contribution in [3.63, 3.8) is 0 Å². The molecule has 1 aromatic carbocycles. The number of nitrogens with zero attached hydrogens (tertiary/aromatic N) is 3. The number of hydrogen-bond donors (Lipinski definition) is 1. The number of para-hydroxylation sites is 2. The van der Waals surface area contributed by atoms with Crippen LogP contribution in [0, 0.1) is 11.3 Å². The molecule has 1 amide bonds. The lowest BCUT2D eigenvalue weighted by Crippen LogP contribution is -2.14. The first-order chi connectivity index (χ1) is 12.7. The van der Waals surface area contributed by atoms with Crippen molar-refractivity contribution in [1.82, 2.24) is 9.55 Å². The molecule has 0 saturated heterocycles. The molecule has 0 saturated carbocycles. The molecule has 0 fully saturated rings. The van der Waals surface area contributed by atoms with Crippen molar-refractivity contribution in [2.24, 2.45) is 0 Å². The number of aryl methyl sites for hydroxylation is 1. The summed E-state index contributed by atoms with van der Waals surface area (Å²) in [5.74, 6) is 0.140. The highest BCUT2D eigenvalue weighted by molar-refractivity contribution is 7.99. The molecular formula is C19H20N4OS2. The molecule has 134 valence electrons. The van der Waals surface area contributed by atoms with E-state index >= 15 is 0 Å². The lowest BCUT2D eigenvalue weighted by molar-refractivity contribution is -0.113. The van der Waals surface area contributed by atoms with Gasteiger partial charge in [-0.05, 0) is 30.0 Å². The van der Waals surface area contributed by atoms with E-state index in [0.29, 0.717) is 10.6 Å². The Labute approximate surface area is 161 Å². The van der Waals surface area contributed by atoms with E-state index in [0.717, 1.165) is 29.2 Å². The maximum Gasteiger partial charge on any atom is 0.235 e. The molecule has 0 aliphatic heterocycles. The highest BCUT2D eigenvalue weighted by Crippen LogP contribution is 2.26. The molecule has 0 aliphatic carbocycles. The number of fused-ring (bicyclic) bond motifs is 1. The minimum atomic E-state index is -0.124. The van der Waals surface area contributed by atoms with Gasteiger partial charge in [0.1, 0.15) is 11.1 Å². The first-order valence-corrected chi connectivity index (χ1v) is 10.4. The van der Waals surface area contributed by atoms with Crippen LogP contribution in [0.3, 0.4) is 0 Å². The third-order valence-electron chi connectivity index (χ3n) is 3.98. The van der Waals surface area contributed by atoms with E-state index in [1.54, 1.807) is 11.4 Å². The summed E-state index contributed by atoms with van der Waals surface area (Å²) in [7, 11) is 0. The largest absolute Gasteiger partial charge is 0.319 e. The van der Waals surface area contributed by atoms with Crippen LogP contribution in [-0.4, -0.2) is 21.2 Å². The Balaban J connectivity index is 1.70. The highest BCUT2D eigenvalue weighted by atomic mass is 32.2. The van der Waals surface area contributed by atoms with E-state index in [1.165, 1.54) is 35.9 Å². The van der Waals surface area contributed by atoms with Gasteiger partial charge < -0.3 is 9.88 Å². The number of rotatable bonds is 8. The fraction of sp³-hybridized carbons (Fsp3) is 0.316. The maximum absolute atomic E-state index is 12.3. The molecule has 0 radical (unpaired) electrons. The average molecular weight is 385 g/mol. The molecule has 2 heterocycles. The lowest BCUT2D eigenvalue weighted by Gasteiger charge is -2.08. The third-order valence-corrected chi connectivity index (χ3v) is 5.78. The van der Waals surface area contributed by atoms with Gasteiger partial charge in [0, 0.05) is 6.54 Å². The van der Waals surface area contributed by atoms with E-state index in [-0.39, 0.29) is 11.7 Å². The van der Waals surface area contributed by atoms with Crippen molar-refractivity contribution in [3.8, 4) is 6.07 Å². The fourth-order valence-electron chi connectivity index (χ4n) is 2.69. The number of thioether (sulfide) groups is 1. The Morgan fingerprint density at radius 2 is 2.19 bits per heavy atom. The van der Waals surface area contributed by atoms with Crippen LogP contribution in [0.25, 0.3) is 11.0 Å². The molecule has 0 aliphatic rings. The highest BCUT2D eigenvalue weighted by Gasteiger charge is 2.14. The molecular weight excluding hydrogens is 364 g/mol. The van der Waals surface area contributed by atoms with E-state index in [2.05, 4.69) is 28.9 Å². The standard InChI is InChI=1S/C19H20N4OS2/c1-2-3-6-10-23-16-8-5-4-7-15(16)21-19(23)26-13-17(24)22-18-14(12-20)9-11-25-18/h4-5,7-9,11H,2-3,6,10,13H2,1H3,(H,22,24). The van der Waals surface area contributed by atoms with E-state index in [4.69, 9.17) is 10.2 Å². The van der Waals surface area contributed by atoms with Crippen LogP contribution in [0.4, 0.5) is 5.00 Å². The maximum atomic E-state index is 12.3. The van der Waals surface area contributed by atoms with Gasteiger partial charge in [-0.1, -0.05) is 43.7 Å². The molecule has 5 nitrogen and oxygen atoms in total. The van der Waals surface area contributed by atoms with Crippen LogP contribution in [0.2, 0.25) is 0 Å². The average Bonchev–Trinajstić information content (AvgIpc) is 3.24. The van der Waals surface area contributed by atoms with Gasteiger partial charge in [-0.25, -0.2) is 4.98 Å². The van der Waals surface area contributed by atoms with Crippen molar-refractivity contribution < 1.29 is 4.79 Å². The number of hydrogen-bond acceptors (Lipinski definition) is 5. The molecule has 0 bridgehead atoms. The number of unbranched alkanes of at least 4 members (excludes halogenated alkanes) is 2. The van der Waals surface area contributed by atoms with E-state index in [1.807, 2.05) is 18.2 Å². The second kappa shape index (κ2) is 8.88. The summed E-state index contributed by atoms with van der Waals surface area (Å²) in [4.78, 5) is 17.0. The smallest absolute Gasteiger partial charge is 0.235 e. The number of anilines is 1. The molecule has 3 aromatic rings. The van der Waals surface area contributed by atoms with Crippen molar-refractivity contribution >= 4 is 45.0 Å². The summed E-state index contributed by atoms with van der Waals surface area (Å²) in [6, 6.07) is 11.9. The number of carbonyl (C=O) groups excluding carboxylic acids is 1. The fourth-order valence-corrected chi connectivity index (χ4v) is 4.28. The zero-order chi connectivity index (χ0) is 18.4. The zero-order valence-corrected chi connectivity index (χ0v) is 16.2. The molecule has 2 aromatic heterocycles. The number of carbonyl (C=O) groups is 1. The Kier molecular flexibility index (Phi) is 6.31. The predicted octanol–water partition coefficient (Wildman–Crippen LogP) is 4.89. The molecule has 0 unspecified atom stereocenters. The van der Waals surface area contributed by atoms with Gasteiger partial charge in [0.15, 0.2) is 5.16 Å². The van der Waals surface area contributed by atoms with E-state index in [9.17, 15) is 4.79 Å². The number of nitrogens with one attached hydrogen (secondary N) is 1. The first-order valence-electron chi connectivity index (χ1n) is 8.58. The van der Waals surface area contributed by atoms with Crippen molar-refractivity contribution in [3.05, 3.63) is 41.3 Å². The normalized spacial score (nSPS) is 10.8.